The number of hydrogen-bond donors (Lipinski definition) is 1. The summed E-state index contributed by atoms with van der Waals surface area (Å²) >= 11 is 0. The van der Waals surface area contributed by atoms with Gasteiger partial charge in [-0.05, 0) is 18.6 Å². The highest BCUT2D eigenvalue weighted by molar-refractivity contribution is 5.77. The van der Waals surface area contributed by atoms with E-state index >= 15 is 0 Å². The van der Waals surface area contributed by atoms with Gasteiger partial charge in [-0.1, -0.05) is 12.1 Å². The molecule has 0 saturated carbocycles. The number of likely N-dealkylation sites (tertiary alicyclic amines) is 1. The zero-order valence-electron chi connectivity index (χ0n) is 11.7. The van der Waals surface area contributed by atoms with Crippen LogP contribution in [0.2, 0.25) is 0 Å². The van der Waals surface area contributed by atoms with Crippen LogP contribution in [0.25, 0.3) is 10.9 Å². The molecule has 0 unspecified atom stereocenters. The van der Waals surface area contributed by atoms with Crippen molar-refractivity contribution in [3.05, 3.63) is 40.9 Å². The molecule has 1 aliphatic rings. The molecule has 1 aromatic heterocycles. The van der Waals surface area contributed by atoms with Crippen LogP contribution in [-0.4, -0.2) is 39.5 Å². The van der Waals surface area contributed by atoms with Gasteiger partial charge >= 0.3 is 0 Å². The number of hydrogen-bond acceptors (Lipinski definition) is 4. The molecule has 1 aromatic carbocycles. The van der Waals surface area contributed by atoms with Gasteiger partial charge in [0, 0.05) is 32.1 Å². The van der Waals surface area contributed by atoms with Gasteiger partial charge in [-0.2, -0.15) is 0 Å². The summed E-state index contributed by atoms with van der Waals surface area (Å²) in [5.41, 5.74) is 6.37. The molecule has 2 heterocycles. The van der Waals surface area contributed by atoms with Crippen molar-refractivity contribution in [1.29, 1.82) is 0 Å². The Morgan fingerprint density at radius 1 is 1.38 bits per heavy atom. The second-order valence-corrected chi connectivity index (χ2v) is 5.40. The molecule has 6 heteroatoms. The van der Waals surface area contributed by atoms with E-state index in [9.17, 15) is 9.59 Å². The number of carbonyl (C=O) groups excluding carboxylic acids is 1. The van der Waals surface area contributed by atoms with Crippen LogP contribution in [0.5, 0.6) is 0 Å². The van der Waals surface area contributed by atoms with Crippen molar-refractivity contribution in [1.82, 2.24) is 14.5 Å². The Hall–Kier alpha value is -2.21. The number of nitrogens with zero attached hydrogens (tertiary/aromatic N) is 3. The van der Waals surface area contributed by atoms with Crippen LogP contribution < -0.4 is 11.3 Å². The summed E-state index contributed by atoms with van der Waals surface area (Å²) in [6, 6.07) is 7.30. The first-order valence-electron chi connectivity index (χ1n) is 7.12. The average molecular weight is 286 g/mol. The van der Waals surface area contributed by atoms with E-state index in [1.54, 1.807) is 17.0 Å². The molecule has 2 aromatic rings. The summed E-state index contributed by atoms with van der Waals surface area (Å²) in [6.45, 7) is 1.68. The van der Waals surface area contributed by atoms with Crippen molar-refractivity contribution >= 4 is 16.8 Å². The third-order valence-electron chi connectivity index (χ3n) is 3.88. The van der Waals surface area contributed by atoms with E-state index in [4.69, 9.17) is 5.73 Å². The van der Waals surface area contributed by atoms with E-state index < -0.39 is 0 Å². The Morgan fingerprint density at radius 3 is 2.95 bits per heavy atom. The first-order chi connectivity index (χ1) is 10.1. The average Bonchev–Trinajstić information content (AvgIpc) is 2.93. The Labute approximate surface area is 122 Å². The number of benzene rings is 1. The largest absolute Gasteiger partial charge is 0.341 e. The molecule has 0 radical (unpaired) electrons. The topological polar surface area (TPSA) is 81.2 Å². The minimum Gasteiger partial charge on any atom is -0.341 e. The van der Waals surface area contributed by atoms with Gasteiger partial charge in [0.15, 0.2) is 0 Å². The van der Waals surface area contributed by atoms with Crippen molar-refractivity contribution in [2.45, 2.75) is 25.4 Å². The van der Waals surface area contributed by atoms with Gasteiger partial charge in [0.1, 0.15) is 0 Å². The van der Waals surface area contributed by atoms with E-state index in [-0.39, 0.29) is 17.5 Å². The summed E-state index contributed by atoms with van der Waals surface area (Å²) in [5.74, 6) is 0.0445. The van der Waals surface area contributed by atoms with Crippen LogP contribution in [0.3, 0.4) is 0 Å². The first-order valence-corrected chi connectivity index (χ1v) is 7.12. The molecular weight excluding hydrogens is 268 g/mol. The Balaban J connectivity index is 1.72. The molecule has 0 spiro atoms. The molecule has 110 valence electrons. The lowest BCUT2D eigenvalue weighted by molar-refractivity contribution is -0.130. The number of amides is 1. The molecule has 1 aliphatic heterocycles. The smallest absolute Gasteiger partial charge is 0.261 e. The Kier molecular flexibility index (Phi) is 3.70. The Bertz CT molecular complexity index is 725. The summed E-state index contributed by atoms with van der Waals surface area (Å²) in [4.78, 5) is 30.4. The van der Waals surface area contributed by atoms with Gasteiger partial charge in [-0.25, -0.2) is 4.98 Å². The lowest BCUT2D eigenvalue weighted by Gasteiger charge is -2.16. The first kappa shape index (κ1) is 13.8. The molecule has 1 saturated heterocycles. The quantitative estimate of drug-likeness (QED) is 0.882. The van der Waals surface area contributed by atoms with Crippen LogP contribution in [-0.2, 0) is 11.3 Å². The second-order valence-electron chi connectivity index (χ2n) is 5.40. The standard InChI is InChI=1S/C15H18N4O2/c16-11-5-7-18(9-11)14(20)6-8-19-10-17-13-4-2-1-3-12(13)15(19)21/h1-4,10-11H,5-9,16H2/t11-/m1/s1. The third kappa shape index (κ3) is 2.80. The highest BCUT2D eigenvalue weighted by Gasteiger charge is 2.23. The zero-order chi connectivity index (χ0) is 14.8. The SMILES string of the molecule is N[C@@H]1CCN(C(=O)CCn2cnc3ccccc3c2=O)C1. The van der Waals surface area contributed by atoms with Crippen molar-refractivity contribution < 1.29 is 4.79 Å². The molecule has 1 amide bonds. The second kappa shape index (κ2) is 5.65. The minimum absolute atomic E-state index is 0.0445. The van der Waals surface area contributed by atoms with E-state index in [0.29, 0.717) is 37.0 Å². The number of aryl methyl sites for hydroxylation is 1. The fraction of sp³-hybridized carbons (Fsp3) is 0.400. The molecule has 2 N–H and O–H groups in total. The molecule has 6 nitrogen and oxygen atoms in total. The monoisotopic (exact) mass is 286 g/mol. The number of carbonyl (C=O) groups is 1. The lowest BCUT2D eigenvalue weighted by Crippen LogP contribution is -2.33. The maximum absolute atomic E-state index is 12.3. The van der Waals surface area contributed by atoms with Gasteiger partial charge in [-0.3, -0.25) is 14.2 Å². The van der Waals surface area contributed by atoms with Crippen molar-refractivity contribution in [2.75, 3.05) is 13.1 Å². The molecule has 1 atom stereocenters. The number of fused-ring (bicyclic) bond motifs is 1. The molecule has 3 rings (SSSR count). The third-order valence-corrected chi connectivity index (χ3v) is 3.88. The van der Waals surface area contributed by atoms with Crippen LogP contribution in [0.4, 0.5) is 0 Å². The normalized spacial score (nSPS) is 18.3. The highest BCUT2D eigenvalue weighted by Crippen LogP contribution is 2.09. The van der Waals surface area contributed by atoms with Crippen LogP contribution in [0.15, 0.2) is 35.4 Å². The van der Waals surface area contributed by atoms with Gasteiger partial charge in [0.05, 0.1) is 17.2 Å². The van der Waals surface area contributed by atoms with E-state index in [0.717, 1.165) is 6.42 Å². The van der Waals surface area contributed by atoms with Crippen LogP contribution in [0, 0.1) is 0 Å². The zero-order valence-corrected chi connectivity index (χ0v) is 11.7. The summed E-state index contributed by atoms with van der Waals surface area (Å²) in [5, 5.41) is 0.579. The number of rotatable bonds is 3. The van der Waals surface area contributed by atoms with Gasteiger partial charge in [0.2, 0.25) is 5.91 Å². The maximum atomic E-state index is 12.3. The van der Waals surface area contributed by atoms with Crippen LogP contribution >= 0.6 is 0 Å². The number of nitrogens with two attached hydrogens (primary N) is 1. The maximum Gasteiger partial charge on any atom is 0.261 e. The van der Waals surface area contributed by atoms with E-state index in [2.05, 4.69) is 4.98 Å². The fourth-order valence-corrected chi connectivity index (χ4v) is 2.65. The van der Waals surface area contributed by atoms with Crippen molar-refractivity contribution in [3.63, 3.8) is 0 Å². The van der Waals surface area contributed by atoms with Gasteiger partial charge in [0.25, 0.3) is 5.56 Å². The summed E-state index contributed by atoms with van der Waals surface area (Å²) in [7, 11) is 0. The molecule has 1 fully saturated rings. The van der Waals surface area contributed by atoms with E-state index in [1.165, 1.54) is 10.9 Å². The van der Waals surface area contributed by atoms with Crippen LogP contribution in [0.1, 0.15) is 12.8 Å². The van der Waals surface area contributed by atoms with Crippen molar-refractivity contribution in [3.8, 4) is 0 Å². The number of aromatic nitrogens is 2. The predicted molar refractivity (Wildman–Crippen MR) is 79.8 cm³/mol. The van der Waals surface area contributed by atoms with Gasteiger partial charge < -0.3 is 10.6 Å². The molecule has 0 aliphatic carbocycles. The summed E-state index contributed by atoms with van der Waals surface area (Å²) in [6.07, 6.45) is 2.66. The van der Waals surface area contributed by atoms with E-state index in [1.807, 2.05) is 12.1 Å². The van der Waals surface area contributed by atoms with Gasteiger partial charge in [-0.15, -0.1) is 0 Å². The predicted octanol–water partition coefficient (Wildman–Crippen LogP) is 0.346. The Morgan fingerprint density at radius 2 is 2.19 bits per heavy atom. The molecule has 21 heavy (non-hydrogen) atoms. The minimum atomic E-state index is -0.105. The molecule has 0 bridgehead atoms. The highest BCUT2D eigenvalue weighted by atomic mass is 16.2. The lowest BCUT2D eigenvalue weighted by atomic mass is 10.2. The molecular formula is C15H18N4O2. The summed E-state index contributed by atoms with van der Waals surface area (Å²) < 4.78 is 1.50. The van der Waals surface area contributed by atoms with Crippen molar-refractivity contribution in [2.24, 2.45) is 5.73 Å². The fourth-order valence-electron chi connectivity index (χ4n) is 2.65. The number of para-hydroxylation sites is 1.